The average molecular weight is 438 g/mol. The Morgan fingerprint density at radius 1 is 1.13 bits per heavy atom. The minimum atomic E-state index is -3.79. The first-order valence-corrected chi connectivity index (χ1v) is 11.6. The van der Waals surface area contributed by atoms with Gasteiger partial charge in [0.15, 0.2) is 0 Å². The zero-order valence-electron chi connectivity index (χ0n) is 17.3. The molecular weight excluding hydrogens is 414 g/mol. The maximum absolute atomic E-state index is 13.4. The van der Waals surface area contributed by atoms with Gasteiger partial charge in [-0.1, -0.05) is 42.0 Å². The second-order valence-corrected chi connectivity index (χ2v) is 10.5. The van der Waals surface area contributed by atoms with Gasteiger partial charge >= 0.3 is 5.97 Å². The van der Waals surface area contributed by atoms with Crippen LogP contribution in [0, 0.1) is 12.3 Å². The maximum atomic E-state index is 13.4. The highest BCUT2D eigenvalue weighted by Gasteiger charge is 2.67. The molecule has 31 heavy (non-hydrogen) atoms. The van der Waals surface area contributed by atoms with E-state index in [-0.39, 0.29) is 10.9 Å². The third kappa shape index (κ3) is 2.87. The molecule has 6 rings (SSSR count). The van der Waals surface area contributed by atoms with Gasteiger partial charge in [-0.3, -0.25) is 4.79 Å². The molecule has 0 spiro atoms. The van der Waals surface area contributed by atoms with Gasteiger partial charge in [-0.2, -0.15) is 0 Å². The van der Waals surface area contributed by atoms with Gasteiger partial charge in [0.25, 0.3) is 10.0 Å². The second kappa shape index (κ2) is 6.55. The standard InChI is InChI=1S/C24H23NO5S/c1-16-7-9-19(10-8-16)31(28,29)25-13-17(20-5-3-4-6-21(20)25)11-18-12-23(22(26)30-2)14-24(18,27)15-23/h3-11,13,27H,12,14-15H2,1-2H3/b18-11+. The van der Waals surface area contributed by atoms with E-state index in [0.717, 1.165) is 16.5 Å². The molecule has 3 saturated carbocycles. The van der Waals surface area contributed by atoms with Crippen LogP contribution in [0.4, 0.5) is 0 Å². The molecule has 0 aliphatic heterocycles. The van der Waals surface area contributed by atoms with E-state index in [9.17, 15) is 18.3 Å². The molecule has 1 heterocycles. The first-order chi connectivity index (χ1) is 14.7. The lowest BCUT2D eigenvalue weighted by atomic mass is 9.67. The molecule has 0 unspecified atom stereocenters. The summed E-state index contributed by atoms with van der Waals surface area (Å²) in [6, 6.07) is 14.0. The molecule has 2 bridgehead atoms. The number of carbonyl (C=O) groups excluding carboxylic acids is 1. The molecule has 3 fully saturated rings. The smallest absolute Gasteiger partial charge is 0.312 e. The fraction of sp³-hybridized carbons (Fsp3) is 0.292. The van der Waals surface area contributed by atoms with E-state index < -0.39 is 21.0 Å². The summed E-state index contributed by atoms with van der Waals surface area (Å²) in [7, 11) is -2.43. The predicted octanol–water partition coefficient (Wildman–Crippen LogP) is 3.66. The number of rotatable bonds is 4. The van der Waals surface area contributed by atoms with E-state index in [1.54, 1.807) is 42.6 Å². The molecule has 3 aliphatic rings. The number of hydrogen-bond acceptors (Lipinski definition) is 5. The van der Waals surface area contributed by atoms with E-state index in [1.807, 2.05) is 25.1 Å². The summed E-state index contributed by atoms with van der Waals surface area (Å²) in [6.45, 7) is 1.91. The lowest BCUT2D eigenvalue weighted by Gasteiger charge is -2.41. The first kappa shape index (κ1) is 20.0. The third-order valence-electron chi connectivity index (χ3n) is 6.62. The molecule has 160 valence electrons. The van der Waals surface area contributed by atoms with Crippen LogP contribution in [-0.4, -0.2) is 36.2 Å². The number of hydrogen-bond donors (Lipinski definition) is 1. The second-order valence-electron chi connectivity index (χ2n) is 8.72. The summed E-state index contributed by atoms with van der Waals surface area (Å²) in [5.74, 6) is -0.301. The van der Waals surface area contributed by atoms with Gasteiger partial charge in [0.1, 0.15) is 0 Å². The van der Waals surface area contributed by atoms with Crippen molar-refractivity contribution in [3.63, 3.8) is 0 Å². The van der Waals surface area contributed by atoms with E-state index in [1.165, 1.54) is 11.1 Å². The van der Waals surface area contributed by atoms with Crippen molar-refractivity contribution in [2.45, 2.75) is 36.7 Å². The molecule has 0 saturated heterocycles. The Balaban J connectivity index is 1.62. The summed E-state index contributed by atoms with van der Waals surface area (Å²) in [4.78, 5) is 12.4. The Hall–Kier alpha value is -2.90. The van der Waals surface area contributed by atoms with Crippen LogP contribution < -0.4 is 0 Å². The Labute approximate surface area is 180 Å². The zero-order valence-corrected chi connectivity index (χ0v) is 18.1. The average Bonchev–Trinajstić information content (AvgIpc) is 3.34. The molecule has 2 aromatic carbocycles. The van der Waals surface area contributed by atoms with Crippen molar-refractivity contribution in [1.29, 1.82) is 0 Å². The van der Waals surface area contributed by atoms with Gasteiger partial charge in [-0.25, -0.2) is 12.4 Å². The van der Waals surface area contributed by atoms with Crippen LogP contribution in [0.1, 0.15) is 30.4 Å². The maximum Gasteiger partial charge on any atom is 0.312 e. The van der Waals surface area contributed by atoms with Crippen LogP contribution in [0.2, 0.25) is 0 Å². The van der Waals surface area contributed by atoms with Gasteiger partial charge in [0.2, 0.25) is 0 Å². The Bertz CT molecular complexity index is 1340. The molecule has 0 atom stereocenters. The minimum Gasteiger partial charge on any atom is -0.469 e. The quantitative estimate of drug-likeness (QED) is 0.630. The van der Waals surface area contributed by atoms with E-state index in [4.69, 9.17) is 4.74 Å². The van der Waals surface area contributed by atoms with Gasteiger partial charge < -0.3 is 9.84 Å². The topological polar surface area (TPSA) is 85.6 Å². The summed E-state index contributed by atoms with van der Waals surface area (Å²) in [6.07, 6.45) is 4.54. The van der Waals surface area contributed by atoms with Crippen molar-refractivity contribution >= 4 is 33.0 Å². The highest BCUT2D eigenvalue weighted by molar-refractivity contribution is 7.90. The van der Waals surface area contributed by atoms with Gasteiger partial charge in [0, 0.05) is 17.1 Å². The van der Waals surface area contributed by atoms with Crippen LogP contribution in [0.15, 0.2) is 65.2 Å². The zero-order chi connectivity index (χ0) is 22.0. The van der Waals surface area contributed by atoms with Crippen LogP contribution in [0.3, 0.4) is 0 Å². The van der Waals surface area contributed by atoms with Crippen molar-refractivity contribution in [2.24, 2.45) is 5.41 Å². The Kier molecular flexibility index (Phi) is 4.23. The molecule has 1 aromatic heterocycles. The number of benzene rings is 2. The van der Waals surface area contributed by atoms with Gasteiger partial charge in [-0.15, -0.1) is 0 Å². The van der Waals surface area contributed by atoms with Crippen molar-refractivity contribution in [3.05, 3.63) is 71.4 Å². The third-order valence-corrected chi connectivity index (χ3v) is 8.31. The minimum absolute atomic E-state index is 0.212. The number of fused-ring (bicyclic) bond motifs is 2. The monoisotopic (exact) mass is 437 g/mol. The van der Waals surface area contributed by atoms with Crippen molar-refractivity contribution in [1.82, 2.24) is 3.97 Å². The summed E-state index contributed by atoms with van der Waals surface area (Å²) < 4.78 is 32.9. The van der Waals surface area contributed by atoms with Crippen molar-refractivity contribution in [2.75, 3.05) is 7.11 Å². The number of esters is 1. The van der Waals surface area contributed by atoms with E-state index in [0.29, 0.717) is 30.3 Å². The molecule has 3 aromatic rings. The molecular formula is C24H23NO5S. The number of methoxy groups -OCH3 is 1. The lowest BCUT2D eigenvalue weighted by molar-refractivity contribution is -0.166. The van der Waals surface area contributed by atoms with E-state index >= 15 is 0 Å². The van der Waals surface area contributed by atoms with Crippen LogP contribution in [0.5, 0.6) is 0 Å². The fourth-order valence-corrected chi connectivity index (χ4v) is 6.45. The van der Waals surface area contributed by atoms with Crippen LogP contribution in [0.25, 0.3) is 17.0 Å². The molecule has 6 nitrogen and oxygen atoms in total. The number of aliphatic hydroxyl groups is 1. The summed E-state index contributed by atoms with van der Waals surface area (Å²) in [5, 5.41) is 11.7. The fourth-order valence-electron chi connectivity index (χ4n) is 5.07. The van der Waals surface area contributed by atoms with Crippen LogP contribution in [-0.2, 0) is 19.6 Å². The molecule has 7 heteroatoms. The Morgan fingerprint density at radius 3 is 2.48 bits per heavy atom. The number of ether oxygens (including phenoxy) is 1. The number of aryl methyl sites for hydroxylation is 1. The highest BCUT2D eigenvalue weighted by Crippen LogP contribution is 2.65. The van der Waals surface area contributed by atoms with Gasteiger partial charge in [0.05, 0.1) is 28.5 Å². The van der Waals surface area contributed by atoms with Crippen LogP contribution >= 0.6 is 0 Å². The van der Waals surface area contributed by atoms with E-state index in [2.05, 4.69) is 0 Å². The van der Waals surface area contributed by atoms with Crippen molar-refractivity contribution in [3.8, 4) is 0 Å². The number of para-hydroxylation sites is 1. The molecule has 1 N–H and O–H groups in total. The molecule has 3 aliphatic carbocycles. The molecule has 0 amide bonds. The predicted molar refractivity (Wildman–Crippen MR) is 117 cm³/mol. The molecule has 0 radical (unpaired) electrons. The number of nitrogens with zero attached hydrogens (tertiary/aromatic N) is 1. The van der Waals surface area contributed by atoms with Gasteiger partial charge in [-0.05, 0) is 50.0 Å². The first-order valence-electron chi connectivity index (χ1n) is 10.1. The number of carbonyl (C=O) groups is 1. The summed E-state index contributed by atoms with van der Waals surface area (Å²) in [5.41, 5.74) is 1.29. The highest BCUT2D eigenvalue weighted by atomic mass is 32.2. The largest absolute Gasteiger partial charge is 0.469 e. The van der Waals surface area contributed by atoms with Crippen molar-refractivity contribution < 1.29 is 23.1 Å². The normalized spacial score (nSPS) is 26.2. The Morgan fingerprint density at radius 2 is 1.81 bits per heavy atom. The lowest BCUT2D eigenvalue weighted by Crippen LogP contribution is -2.48. The summed E-state index contributed by atoms with van der Waals surface area (Å²) >= 11 is 0. The number of aromatic nitrogens is 1. The SMILES string of the molecule is COC(=O)C12C/C(=C\c3cn(S(=O)(=O)c4ccc(C)cc4)c4ccccc34)C(O)(C1)C2.